The van der Waals surface area contributed by atoms with E-state index in [2.05, 4.69) is 24.3 Å². The third-order valence-electron chi connectivity index (χ3n) is 3.05. The van der Waals surface area contributed by atoms with Crippen LogP contribution >= 0.6 is 0 Å². The number of morpholine rings is 1. The van der Waals surface area contributed by atoms with Gasteiger partial charge in [-0.25, -0.2) is 10.4 Å². The van der Waals surface area contributed by atoms with Crippen LogP contribution in [0.3, 0.4) is 0 Å². The van der Waals surface area contributed by atoms with Gasteiger partial charge in [-0.2, -0.15) is 0 Å². The molecule has 0 aliphatic carbocycles. The van der Waals surface area contributed by atoms with E-state index in [1.54, 1.807) is 0 Å². The van der Waals surface area contributed by atoms with Crippen LogP contribution in [-0.2, 0) is 4.74 Å². The largest absolute Gasteiger partial charge is 0.379 e. The summed E-state index contributed by atoms with van der Waals surface area (Å²) < 4.78 is 5.24. The summed E-state index contributed by atoms with van der Waals surface area (Å²) in [5, 5.41) is 11.9. The topological polar surface area (TPSA) is 44.7 Å². The summed E-state index contributed by atoms with van der Waals surface area (Å²) in [5.41, 5.74) is 3.13. The zero-order valence-corrected chi connectivity index (χ0v) is 9.91. The lowest BCUT2D eigenvalue weighted by atomic mass is 9.99. The maximum Gasteiger partial charge on any atom is 0.117 e. The Balaban J connectivity index is 2.18. The summed E-state index contributed by atoms with van der Waals surface area (Å²) in [6.07, 6.45) is 2.70. The van der Waals surface area contributed by atoms with Gasteiger partial charge in [0.1, 0.15) is 6.23 Å². The molecule has 1 unspecified atom stereocenters. The summed E-state index contributed by atoms with van der Waals surface area (Å²) in [7, 11) is 0. The number of nitrogens with zero attached hydrogens (tertiary/aromatic N) is 1. The minimum absolute atomic E-state index is 0.409. The molecule has 0 aromatic heterocycles. The second kappa shape index (κ2) is 7.17. The molecule has 1 heterocycles. The molecule has 1 fully saturated rings. The van der Waals surface area contributed by atoms with Gasteiger partial charge in [0.05, 0.1) is 13.2 Å². The number of hydrogen-bond donors (Lipinski definition) is 2. The van der Waals surface area contributed by atoms with Crippen LogP contribution < -0.4 is 5.43 Å². The van der Waals surface area contributed by atoms with E-state index in [4.69, 9.17) is 4.74 Å². The first-order valence-electron chi connectivity index (χ1n) is 6.03. The van der Waals surface area contributed by atoms with Crippen LogP contribution in [0.25, 0.3) is 0 Å². The molecule has 0 amide bonds. The Morgan fingerprint density at radius 2 is 1.87 bits per heavy atom. The van der Waals surface area contributed by atoms with Crippen molar-refractivity contribution in [2.45, 2.75) is 39.3 Å². The molecular formula is C11H24N2O2. The molecule has 0 spiro atoms. The molecule has 4 heteroatoms. The molecular weight excluding hydrogens is 192 g/mol. The van der Waals surface area contributed by atoms with Crippen molar-refractivity contribution in [2.24, 2.45) is 5.92 Å². The van der Waals surface area contributed by atoms with Crippen LogP contribution in [0.2, 0.25) is 0 Å². The predicted octanol–water partition coefficient (Wildman–Crippen LogP) is 0.968. The minimum atomic E-state index is -0.409. The molecule has 1 rings (SSSR count). The van der Waals surface area contributed by atoms with Crippen molar-refractivity contribution in [3.05, 3.63) is 0 Å². The van der Waals surface area contributed by atoms with E-state index in [1.807, 2.05) is 0 Å². The van der Waals surface area contributed by atoms with Gasteiger partial charge in [0.25, 0.3) is 0 Å². The number of ether oxygens (including phenoxy) is 1. The van der Waals surface area contributed by atoms with E-state index in [0.29, 0.717) is 5.92 Å². The van der Waals surface area contributed by atoms with Gasteiger partial charge < -0.3 is 9.84 Å². The minimum Gasteiger partial charge on any atom is -0.379 e. The lowest BCUT2D eigenvalue weighted by Gasteiger charge is -2.30. The first kappa shape index (κ1) is 12.9. The zero-order chi connectivity index (χ0) is 11.1. The van der Waals surface area contributed by atoms with Gasteiger partial charge in [-0.15, -0.1) is 0 Å². The number of hydrazine groups is 1. The van der Waals surface area contributed by atoms with E-state index in [1.165, 1.54) is 0 Å². The molecule has 90 valence electrons. The molecule has 0 bridgehead atoms. The zero-order valence-electron chi connectivity index (χ0n) is 9.91. The van der Waals surface area contributed by atoms with Gasteiger partial charge in [-0.1, -0.05) is 26.7 Å². The van der Waals surface area contributed by atoms with E-state index < -0.39 is 6.23 Å². The fourth-order valence-electron chi connectivity index (χ4n) is 1.89. The van der Waals surface area contributed by atoms with Gasteiger partial charge in [-0.05, 0) is 12.3 Å². The molecule has 1 aliphatic heterocycles. The third-order valence-corrected chi connectivity index (χ3v) is 3.05. The monoisotopic (exact) mass is 216 g/mol. The maximum absolute atomic E-state index is 9.84. The highest BCUT2D eigenvalue weighted by Gasteiger charge is 2.16. The summed E-state index contributed by atoms with van der Waals surface area (Å²) in [6, 6.07) is 0. The van der Waals surface area contributed by atoms with E-state index in [0.717, 1.165) is 45.6 Å². The molecule has 0 saturated carbocycles. The van der Waals surface area contributed by atoms with Crippen LogP contribution in [0.4, 0.5) is 0 Å². The Morgan fingerprint density at radius 1 is 1.27 bits per heavy atom. The molecule has 0 radical (unpaired) electrons. The molecule has 0 aromatic carbocycles. The fourth-order valence-corrected chi connectivity index (χ4v) is 1.89. The second-order valence-electron chi connectivity index (χ2n) is 4.16. The van der Waals surface area contributed by atoms with Gasteiger partial charge in [0.2, 0.25) is 0 Å². The Kier molecular flexibility index (Phi) is 6.17. The Labute approximate surface area is 92.6 Å². The molecule has 4 nitrogen and oxygen atoms in total. The van der Waals surface area contributed by atoms with Gasteiger partial charge >= 0.3 is 0 Å². The Hall–Kier alpha value is -0.160. The average Bonchev–Trinajstić information content (AvgIpc) is 2.27. The van der Waals surface area contributed by atoms with Crippen LogP contribution in [0.15, 0.2) is 0 Å². The lowest BCUT2D eigenvalue weighted by Crippen LogP contribution is -2.50. The maximum atomic E-state index is 9.84. The van der Waals surface area contributed by atoms with Gasteiger partial charge in [-0.3, -0.25) is 0 Å². The summed E-state index contributed by atoms with van der Waals surface area (Å²) in [4.78, 5) is 0. The Morgan fingerprint density at radius 3 is 2.40 bits per heavy atom. The molecule has 15 heavy (non-hydrogen) atoms. The summed E-state index contributed by atoms with van der Waals surface area (Å²) in [6.45, 7) is 7.58. The van der Waals surface area contributed by atoms with Crippen molar-refractivity contribution in [1.29, 1.82) is 0 Å². The van der Waals surface area contributed by atoms with E-state index in [9.17, 15) is 5.11 Å². The first-order chi connectivity index (χ1) is 7.26. The molecule has 1 saturated heterocycles. The number of aliphatic hydroxyl groups is 1. The number of hydrogen-bond acceptors (Lipinski definition) is 4. The highest BCUT2D eigenvalue weighted by molar-refractivity contribution is 4.63. The average molecular weight is 216 g/mol. The molecule has 1 atom stereocenters. The number of nitrogens with one attached hydrogen (secondary N) is 1. The van der Waals surface area contributed by atoms with Crippen LogP contribution in [0.1, 0.15) is 33.1 Å². The molecule has 1 aliphatic rings. The molecule has 2 N–H and O–H groups in total. The lowest BCUT2D eigenvalue weighted by molar-refractivity contribution is -0.0390. The van der Waals surface area contributed by atoms with Gasteiger partial charge in [0.15, 0.2) is 0 Å². The smallest absolute Gasteiger partial charge is 0.117 e. The number of aliphatic hydroxyl groups excluding tert-OH is 1. The fraction of sp³-hybridized carbons (Fsp3) is 1.00. The first-order valence-corrected chi connectivity index (χ1v) is 6.03. The summed E-state index contributed by atoms with van der Waals surface area (Å²) >= 11 is 0. The number of rotatable bonds is 6. The van der Waals surface area contributed by atoms with Crippen molar-refractivity contribution in [3.63, 3.8) is 0 Å². The Bertz CT molecular complexity index is 157. The van der Waals surface area contributed by atoms with Crippen LogP contribution in [0, 0.1) is 5.92 Å². The van der Waals surface area contributed by atoms with E-state index >= 15 is 0 Å². The molecule has 0 aromatic rings. The van der Waals surface area contributed by atoms with E-state index in [-0.39, 0.29) is 0 Å². The van der Waals surface area contributed by atoms with Crippen molar-refractivity contribution in [1.82, 2.24) is 10.4 Å². The van der Waals surface area contributed by atoms with Crippen molar-refractivity contribution < 1.29 is 9.84 Å². The second-order valence-corrected chi connectivity index (χ2v) is 4.16. The predicted molar refractivity (Wildman–Crippen MR) is 60.2 cm³/mol. The van der Waals surface area contributed by atoms with Crippen LogP contribution in [0.5, 0.6) is 0 Å². The van der Waals surface area contributed by atoms with Crippen molar-refractivity contribution in [2.75, 3.05) is 26.3 Å². The SMILES string of the molecule is CCC(CC)CC(O)NN1CCOCC1. The highest BCUT2D eigenvalue weighted by Crippen LogP contribution is 2.14. The quantitative estimate of drug-likeness (QED) is 0.649. The van der Waals surface area contributed by atoms with Gasteiger partial charge in [0, 0.05) is 13.1 Å². The van der Waals surface area contributed by atoms with Crippen LogP contribution in [-0.4, -0.2) is 42.6 Å². The highest BCUT2D eigenvalue weighted by atomic mass is 16.5. The summed E-state index contributed by atoms with van der Waals surface area (Å²) in [5.74, 6) is 0.619. The third kappa shape index (κ3) is 4.93. The standard InChI is InChI=1S/C11H24N2O2/c1-3-10(4-2)9-11(14)12-13-5-7-15-8-6-13/h10-12,14H,3-9H2,1-2H3. The van der Waals surface area contributed by atoms with Crippen molar-refractivity contribution >= 4 is 0 Å². The van der Waals surface area contributed by atoms with Crippen molar-refractivity contribution in [3.8, 4) is 0 Å². The normalized spacial score (nSPS) is 20.8.